The first-order valence-electron chi connectivity index (χ1n) is 8.67. The zero-order valence-electron chi connectivity index (χ0n) is 14.2. The maximum Gasteiger partial charge on any atom is 0.325 e. The van der Waals surface area contributed by atoms with Crippen molar-refractivity contribution in [2.45, 2.75) is 18.9 Å². The number of imide groups is 1. The number of hydrogen-bond acceptors (Lipinski definition) is 3. The third kappa shape index (κ3) is 2.94. The van der Waals surface area contributed by atoms with Gasteiger partial charge in [0.2, 0.25) is 5.91 Å². The van der Waals surface area contributed by atoms with Crippen molar-refractivity contribution in [2.24, 2.45) is 0 Å². The first-order chi connectivity index (χ1) is 12.6. The summed E-state index contributed by atoms with van der Waals surface area (Å²) in [6.45, 7) is 0.347. The molecule has 6 heteroatoms. The maximum absolute atomic E-state index is 12.7. The molecule has 0 saturated carbocycles. The van der Waals surface area contributed by atoms with Crippen molar-refractivity contribution in [1.29, 1.82) is 0 Å². The smallest absolute Gasteiger partial charge is 0.325 e. The van der Waals surface area contributed by atoms with Gasteiger partial charge >= 0.3 is 6.03 Å². The Morgan fingerprint density at radius 2 is 1.77 bits per heavy atom. The van der Waals surface area contributed by atoms with E-state index in [0.29, 0.717) is 13.0 Å². The minimum absolute atomic E-state index is 0.232. The molecule has 26 heavy (non-hydrogen) atoms. The van der Waals surface area contributed by atoms with Gasteiger partial charge in [0.25, 0.3) is 5.91 Å². The molecule has 1 N–H and O–H groups in total. The van der Waals surface area contributed by atoms with Gasteiger partial charge in [-0.3, -0.25) is 14.5 Å². The van der Waals surface area contributed by atoms with E-state index in [9.17, 15) is 14.4 Å². The number of urea groups is 1. The van der Waals surface area contributed by atoms with Crippen molar-refractivity contribution < 1.29 is 14.4 Å². The second-order valence-electron chi connectivity index (χ2n) is 6.54. The minimum atomic E-state index is -0.622. The summed E-state index contributed by atoms with van der Waals surface area (Å²) in [7, 11) is 0. The number of carbonyl (C=O) groups is 3. The molecule has 132 valence electrons. The molecule has 2 aromatic carbocycles. The fourth-order valence-electron chi connectivity index (χ4n) is 3.53. The second kappa shape index (κ2) is 6.63. The van der Waals surface area contributed by atoms with Crippen LogP contribution in [0.1, 0.15) is 11.1 Å². The summed E-state index contributed by atoms with van der Waals surface area (Å²) in [6.07, 6.45) is 1.21. The zero-order valence-corrected chi connectivity index (χ0v) is 14.2. The van der Waals surface area contributed by atoms with Gasteiger partial charge in [-0.05, 0) is 23.6 Å². The van der Waals surface area contributed by atoms with Gasteiger partial charge in [0.15, 0.2) is 0 Å². The van der Waals surface area contributed by atoms with Crippen LogP contribution in [0.25, 0.3) is 0 Å². The molecule has 0 aromatic heterocycles. The predicted molar refractivity (Wildman–Crippen MR) is 96.7 cm³/mol. The molecule has 0 bridgehead atoms. The molecule has 1 saturated heterocycles. The van der Waals surface area contributed by atoms with E-state index in [1.54, 1.807) is 4.90 Å². The van der Waals surface area contributed by atoms with Crippen molar-refractivity contribution in [3.05, 3.63) is 65.7 Å². The molecular formula is C20H19N3O3. The molecule has 1 unspecified atom stereocenters. The standard InChI is InChI=1S/C20H19N3O3/c24-18(22-11-10-15-8-4-5-9-17(15)22)13-23-19(25)16(21-20(23)26)12-14-6-2-1-3-7-14/h1-9,16H,10-13H2,(H,21,26). The molecule has 4 rings (SSSR count). The summed E-state index contributed by atoms with van der Waals surface area (Å²) in [5, 5.41) is 2.68. The SMILES string of the molecule is O=C1NC(Cc2ccccc2)C(=O)N1CC(=O)N1CCc2ccccc21. The Balaban J connectivity index is 1.44. The number of nitrogens with zero attached hydrogens (tertiary/aromatic N) is 2. The Kier molecular flexibility index (Phi) is 4.16. The lowest BCUT2D eigenvalue weighted by atomic mass is 10.1. The largest absolute Gasteiger partial charge is 0.325 e. The van der Waals surface area contributed by atoms with E-state index in [0.717, 1.165) is 28.1 Å². The summed E-state index contributed by atoms with van der Waals surface area (Å²) in [6, 6.07) is 16.1. The minimum Gasteiger partial charge on any atom is -0.325 e. The van der Waals surface area contributed by atoms with Crippen LogP contribution < -0.4 is 10.2 Å². The van der Waals surface area contributed by atoms with Crippen LogP contribution in [0, 0.1) is 0 Å². The zero-order chi connectivity index (χ0) is 18.1. The third-order valence-electron chi connectivity index (χ3n) is 4.87. The van der Waals surface area contributed by atoms with Gasteiger partial charge in [0, 0.05) is 18.7 Å². The molecule has 0 aliphatic carbocycles. The number of hydrogen-bond donors (Lipinski definition) is 1. The molecule has 2 aromatic rings. The molecule has 1 atom stereocenters. The second-order valence-corrected chi connectivity index (χ2v) is 6.54. The number of fused-ring (bicyclic) bond motifs is 1. The Morgan fingerprint density at radius 1 is 1.04 bits per heavy atom. The van der Waals surface area contributed by atoms with Crippen LogP contribution in [0.15, 0.2) is 54.6 Å². The average Bonchev–Trinajstić information content (AvgIpc) is 3.19. The number of para-hydroxylation sites is 1. The molecule has 0 spiro atoms. The van der Waals surface area contributed by atoms with Crippen molar-refractivity contribution in [3.63, 3.8) is 0 Å². The summed E-state index contributed by atoms with van der Waals surface area (Å²) < 4.78 is 0. The number of rotatable bonds is 4. The van der Waals surface area contributed by atoms with Crippen molar-refractivity contribution in [3.8, 4) is 0 Å². The van der Waals surface area contributed by atoms with Crippen LogP contribution in [-0.4, -0.2) is 41.9 Å². The van der Waals surface area contributed by atoms with E-state index in [1.807, 2.05) is 54.6 Å². The number of carbonyl (C=O) groups excluding carboxylic acids is 3. The Hall–Kier alpha value is -3.15. The van der Waals surface area contributed by atoms with Gasteiger partial charge < -0.3 is 10.2 Å². The lowest BCUT2D eigenvalue weighted by Crippen LogP contribution is -2.43. The van der Waals surface area contributed by atoms with E-state index in [4.69, 9.17) is 0 Å². The molecular weight excluding hydrogens is 330 g/mol. The van der Waals surface area contributed by atoms with Crippen LogP contribution in [0.4, 0.5) is 10.5 Å². The van der Waals surface area contributed by atoms with E-state index in [1.165, 1.54) is 0 Å². The van der Waals surface area contributed by atoms with Crippen molar-refractivity contribution in [2.75, 3.05) is 18.0 Å². The van der Waals surface area contributed by atoms with Crippen LogP contribution in [-0.2, 0) is 22.4 Å². The number of amides is 4. The van der Waals surface area contributed by atoms with Gasteiger partial charge in [-0.1, -0.05) is 48.5 Å². The fraction of sp³-hybridized carbons (Fsp3) is 0.250. The van der Waals surface area contributed by atoms with Crippen molar-refractivity contribution in [1.82, 2.24) is 10.2 Å². The first-order valence-corrected chi connectivity index (χ1v) is 8.67. The highest BCUT2D eigenvalue weighted by Crippen LogP contribution is 2.27. The summed E-state index contributed by atoms with van der Waals surface area (Å²) in [4.78, 5) is 40.1. The highest BCUT2D eigenvalue weighted by Gasteiger charge is 2.40. The van der Waals surface area contributed by atoms with Crippen LogP contribution >= 0.6 is 0 Å². The first kappa shape index (κ1) is 16.3. The van der Waals surface area contributed by atoms with Crippen molar-refractivity contribution >= 4 is 23.5 Å². The van der Waals surface area contributed by atoms with Gasteiger partial charge in [0.05, 0.1) is 0 Å². The molecule has 6 nitrogen and oxygen atoms in total. The average molecular weight is 349 g/mol. The van der Waals surface area contributed by atoms with Gasteiger partial charge in [0.1, 0.15) is 12.6 Å². The lowest BCUT2D eigenvalue weighted by molar-refractivity contribution is -0.131. The Labute approximate surface area is 151 Å². The van der Waals surface area contributed by atoms with Crippen LogP contribution in [0.2, 0.25) is 0 Å². The Morgan fingerprint density at radius 3 is 2.58 bits per heavy atom. The molecule has 2 aliphatic rings. The topological polar surface area (TPSA) is 69.7 Å². The lowest BCUT2D eigenvalue weighted by Gasteiger charge is -2.20. The normalized spacial score (nSPS) is 18.8. The molecule has 0 radical (unpaired) electrons. The number of benzene rings is 2. The quantitative estimate of drug-likeness (QED) is 0.855. The van der Waals surface area contributed by atoms with E-state index in [-0.39, 0.29) is 18.4 Å². The van der Waals surface area contributed by atoms with Gasteiger partial charge in [-0.15, -0.1) is 0 Å². The molecule has 1 fully saturated rings. The predicted octanol–water partition coefficient (Wildman–Crippen LogP) is 1.74. The maximum atomic E-state index is 12.7. The third-order valence-corrected chi connectivity index (χ3v) is 4.87. The summed E-state index contributed by atoms with van der Waals surface area (Å²) in [5.41, 5.74) is 2.94. The van der Waals surface area contributed by atoms with Crippen LogP contribution in [0.5, 0.6) is 0 Å². The number of anilines is 1. The molecule has 4 amide bonds. The highest BCUT2D eigenvalue weighted by molar-refractivity contribution is 6.08. The Bertz CT molecular complexity index is 866. The van der Waals surface area contributed by atoms with E-state index < -0.39 is 12.1 Å². The van der Waals surface area contributed by atoms with Crippen LogP contribution in [0.3, 0.4) is 0 Å². The summed E-state index contributed by atoms with van der Waals surface area (Å²) in [5.74, 6) is -0.585. The molecule has 2 aliphatic heterocycles. The molecule has 2 heterocycles. The number of nitrogens with one attached hydrogen (secondary N) is 1. The highest BCUT2D eigenvalue weighted by atomic mass is 16.2. The summed E-state index contributed by atoms with van der Waals surface area (Å²) >= 11 is 0. The van der Waals surface area contributed by atoms with E-state index in [2.05, 4.69) is 5.32 Å². The monoisotopic (exact) mass is 349 g/mol. The van der Waals surface area contributed by atoms with Gasteiger partial charge in [-0.2, -0.15) is 0 Å². The van der Waals surface area contributed by atoms with Gasteiger partial charge in [-0.25, -0.2) is 4.79 Å². The van der Waals surface area contributed by atoms with E-state index >= 15 is 0 Å². The fourth-order valence-corrected chi connectivity index (χ4v) is 3.53.